The molecule has 0 saturated carbocycles. The first-order valence-electron chi connectivity index (χ1n) is 41.4. The third-order valence-electron chi connectivity index (χ3n) is 19.4. The minimum absolute atomic E-state index is 0. The topological polar surface area (TPSA) is 242 Å². The predicted molar refractivity (Wildman–Crippen MR) is 513 cm³/mol. The Bertz CT molecular complexity index is 6520. The summed E-state index contributed by atoms with van der Waals surface area (Å²) in [5.41, 5.74) is 22.9. The molecule has 8 aromatic carbocycles. The molecule has 0 amide bonds. The smallest absolute Gasteiger partial charge is 3.00 e. The Morgan fingerprint density at radius 3 is 0.577 bits per heavy atom. The van der Waals surface area contributed by atoms with Gasteiger partial charge in [-0.15, -0.1) is 144 Å². The Morgan fingerprint density at radius 2 is 0.423 bits per heavy atom. The molecule has 0 aliphatic carbocycles. The Balaban J connectivity index is 0.000000218. The molecule has 0 spiro atoms. The number of pyridine rings is 4. The summed E-state index contributed by atoms with van der Waals surface area (Å²) < 4.78 is 119. The average Bonchev–Trinajstić information content (AvgIpc) is 1.50. The summed E-state index contributed by atoms with van der Waals surface area (Å²) in [5, 5.41) is 12.5. The van der Waals surface area contributed by atoms with Gasteiger partial charge in [-0.1, -0.05) is 167 Å². The first-order chi connectivity index (χ1) is 67.6. The van der Waals surface area contributed by atoms with Crippen molar-refractivity contribution >= 4 is 19.2 Å². The summed E-state index contributed by atoms with van der Waals surface area (Å²) in [6.45, 7) is 17.9. The van der Waals surface area contributed by atoms with Gasteiger partial charge in [-0.2, -0.15) is 0 Å². The van der Waals surface area contributed by atoms with Crippen LogP contribution in [-0.2, 0) is 132 Å². The second-order valence-corrected chi connectivity index (χ2v) is 30.1. The molecule has 0 aliphatic rings. The average molecular weight is 2660 g/mol. The number of aromatic nitrogens is 20. The standard InChI is InChI=1S/2C16H17N4.2C14H13N4.4C11H6F2N.2CN.2ClH.4Ir/c2*1-11-5-12(2)14(16-8-20(4)10-18-16)6-13(11)15-7-19(3)9-17-15;2*1-17-7-13(15-9-17)11-4-3-5-12(6-11)14-8-18(2)10-16-14;4*12-8-4-5-9(10(13)7-8)11-3-1-2-6-14-11;2*1-2;;;;;;/h2*5,7-10H,1-4H3;2*3-5,7-10H,1-2H3;4*1-4,6-7H;;;2*1H;;;;/q10*-1;;;4*+3/p-2. The van der Waals surface area contributed by atoms with Gasteiger partial charge in [0.25, 0.3) is 0 Å². The number of imidazole rings is 8. The van der Waals surface area contributed by atoms with Crippen LogP contribution in [0.5, 0.6) is 0 Å². The maximum Gasteiger partial charge on any atom is 3.00 e. The Labute approximate surface area is 874 Å². The van der Waals surface area contributed by atoms with Crippen molar-refractivity contribution in [2.75, 3.05) is 0 Å². The molecular weight excluding hydrogens is 2570 g/mol. The first kappa shape index (κ1) is 115. The van der Waals surface area contributed by atoms with Crippen LogP contribution in [0.4, 0.5) is 35.1 Å². The summed E-state index contributed by atoms with van der Waals surface area (Å²) >= 11 is 2.94. The molecule has 20 aromatic rings. The molecule has 20 rings (SSSR count). The van der Waals surface area contributed by atoms with Crippen LogP contribution in [0.15, 0.2) is 295 Å². The summed E-state index contributed by atoms with van der Waals surface area (Å²) in [5.74, 6) is -5.14. The maximum atomic E-state index is 13.2. The minimum Gasteiger partial charge on any atom is 3.00 e. The number of benzene rings is 8. The number of hydrogen-bond donors (Lipinski definition) is 0. The van der Waals surface area contributed by atoms with Crippen molar-refractivity contribution in [1.29, 1.82) is 10.5 Å². The van der Waals surface area contributed by atoms with Gasteiger partial charge in [-0.3, -0.25) is 75.0 Å². The number of halogens is 10. The van der Waals surface area contributed by atoms with Gasteiger partial charge in [0.2, 0.25) is 0 Å². The van der Waals surface area contributed by atoms with Crippen molar-refractivity contribution in [3.63, 3.8) is 0 Å². The molecule has 0 bridgehead atoms. The van der Waals surface area contributed by atoms with Crippen molar-refractivity contribution in [3.8, 4) is 135 Å². The van der Waals surface area contributed by atoms with E-state index < -0.39 is 46.5 Å². The monoisotopic (exact) mass is 2660 g/mol. The fraction of sp³-hybridized carbons (Fsp3) is 0.113. The zero-order valence-electron chi connectivity index (χ0n) is 77.7. The van der Waals surface area contributed by atoms with Gasteiger partial charge in [0.05, 0.1) is 50.6 Å². The quantitative estimate of drug-likeness (QED) is 0.0816. The second-order valence-electron chi connectivity index (χ2n) is 30.1. The van der Waals surface area contributed by atoms with Crippen LogP contribution in [-0.4, -0.2) is 96.3 Å². The van der Waals surface area contributed by atoms with Gasteiger partial charge in [0.15, 0.2) is 0 Å². The van der Waals surface area contributed by atoms with Gasteiger partial charge >= 0.3 is 95.2 Å². The number of rotatable bonds is 12. The van der Waals surface area contributed by atoms with Gasteiger partial charge in [0.1, 0.15) is 0 Å². The van der Waals surface area contributed by atoms with Gasteiger partial charge in [0, 0.05) is 173 Å². The van der Waals surface area contributed by atoms with Crippen molar-refractivity contribution in [3.05, 3.63) is 425 Å². The molecule has 0 unspecified atom stereocenters. The van der Waals surface area contributed by atoms with Crippen LogP contribution < -0.4 is 0 Å². The minimum atomic E-state index is -0.649. The molecule has 142 heavy (non-hydrogen) atoms. The molecule has 12 heterocycles. The number of aryl methyl sites for hydroxylation is 12. The van der Waals surface area contributed by atoms with E-state index in [-0.39, 0.29) is 62.5 Å². The molecule has 36 heteroatoms. The van der Waals surface area contributed by atoms with E-state index in [0.29, 0.717) is 22.8 Å². The summed E-state index contributed by atoms with van der Waals surface area (Å²) in [4.78, 5) is 50.8. The Kier molecular flexibility index (Phi) is 46.8. The van der Waals surface area contributed by atoms with E-state index >= 15 is 0 Å². The molecule has 0 N–H and O–H groups in total. The van der Waals surface area contributed by atoms with E-state index in [2.05, 4.69) is 167 Å². The summed E-state index contributed by atoms with van der Waals surface area (Å²) in [6.07, 6.45) is 36.5. The van der Waals surface area contributed by atoms with Crippen molar-refractivity contribution < 1.29 is 111 Å². The molecular formula is C106H84Cl2F8Ir4N22. The van der Waals surface area contributed by atoms with E-state index in [1.807, 2.05) is 204 Å². The van der Waals surface area contributed by atoms with Gasteiger partial charge in [-0.05, 0) is 96.6 Å². The molecule has 0 radical (unpaired) electrons. The third kappa shape index (κ3) is 33.4. The molecule has 0 atom stereocenters. The molecule has 22 nitrogen and oxygen atoms in total. The van der Waals surface area contributed by atoms with Crippen LogP contribution in [0.3, 0.4) is 0 Å². The molecule has 724 valence electrons. The van der Waals surface area contributed by atoms with E-state index in [9.17, 15) is 35.1 Å². The van der Waals surface area contributed by atoms with Gasteiger partial charge in [-0.25, -0.2) is 0 Å². The SMILES string of the molecule is Cc1cc(C)c(-c2cn(C)cn2)[c-]c1-c1cn(C)cn1.Cc1cc(C)c(-c2cn(C)cn2)[c-]c1-c1cn(C)cn1.Cn1cnc(-c2[c-]c(-c3cn(C)cn3)ccc2)c1.Cn1cnc(-c2[c-]c(-c3cn(C)cn3)ccc2)c1.Fc1c[c-]c(-c2ccccn2)c(F)c1.Fc1c[c-]c(-c2ccccn2)c(F)c1.Fc1c[c-]c(-c2ccccn2)c(F)c1.Fc1c[c-]c(-c2ccccn2)c(F)c1.[C-]#N.[C-]#N.[Cl][Ir+2].[Cl][Ir+2].[Ir+3].[Ir+3]. The van der Waals surface area contributed by atoms with E-state index in [1.54, 1.807) is 123 Å². The van der Waals surface area contributed by atoms with E-state index in [4.69, 9.17) is 23.7 Å². The first-order valence-corrected chi connectivity index (χ1v) is 47.4. The Hall–Kier alpha value is -14.4. The van der Waals surface area contributed by atoms with Crippen LogP contribution in [0, 0.1) is 146 Å². The molecule has 0 aliphatic heterocycles. The zero-order valence-corrected chi connectivity index (χ0v) is 88.8. The summed E-state index contributed by atoms with van der Waals surface area (Å²) in [6, 6.07) is 68.2. The largest absolute Gasteiger partial charge is 3.00 e. The Morgan fingerprint density at radius 1 is 0.239 bits per heavy atom. The number of nitrogens with zero attached hydrogens (tertiary/aromatic N) is 22. The fourth-order valence-corrected chi connectivity index (χ4v) is 13.2. The summed E-state index contributed by atoms with van der Waals surface area (Å²) in [7, 11) is 25.0. The van der Waals surface area contributed by atoms with Gasteiger partial charge < -0.3 is 80.1 Å². The maximum absolute atomic E-state index is 13.2. The normalized spacial score (nSPS) is 9.94. The predicted octanol–water partition coefficient (Wildman–Crippen LogP) is 23.3. The van der Waals surface area contributed by atoms with Crippen LogP contribution >= 0.6 is 19.2 Å². The van der Waals surface area contributed by atoms with E-state index in [1.165, 1.54) is 58.0 Å². The van der Waals surface area contributed by atoms with Crippen molar-refractivity contribution in [2.24, 2.45) is 56.4 Å². The third-order valence-corrected chi connectivity index (χ3v) is 19.4. The van der Waals surface area contributed by atoms with Crippen LogP contribution in [0.25, 0.3) is 135 Å². The van der Waals surface area contributed by atoms with Crippen molar-refractivity contribution in [1.82, 2.24) is 96.3 Å². The molecule has 0 saturated heterocycles. The zero-order chi connectivity index (χ0) is 101. The number of hydrogen-bond acceptors (Lipinski definition) is 14. The van der Waals surface area contributed by atoms with Crippen LogP contribution in [0.2, 0.25) is 0 Å². The molecule has 0 fully saturated rings. The van der Waals surface area contributed by atoms with Crippen molar-refractivity contribution in [2.45, 2.75) is 27.7 Å². The second kappa shape index (κ2) is 58.0. The fourth-order valence-electron chi connectivity index (χ4n) is 13.2. The van der Waals surface area contributed by atoms with E-state index in [0.717, 1.165) is 139 Å². The van der Waals surface area contributed by atoms with Crippen LogP contribution in [0.1, 0.15) is 22.3 Å². The molecule has 12 aromatic heterocycles.